The van der Waals surface area contributed by atoms with E-state index in [0.29, 0.717) is 64.4 Å². The zero-order chi connectivity index (χ0) is 30.5. The van der Waals surface area contributed by atoms with Crippen molar-refractivity contribution in [2.24, 2.45) is 0 Å². The third-order valence-corrected chi connectivity index (χ3v) is 7.79. The molecule has 2 heterocycles. The fourth-order valence-corrected chi connectivity index (χ4v) is 5.24. The predicted molar refractivity (Wildman–Crippen MR) is 147 cm³/mol. The number of carbonyl (C=O) groups excluding carboxylic acids is 1. The minimum absolute atomic E-state index is 0.0430. The van der Waals surface area contributed by atoms with Gasteiger partial charge >= 0.3 is 12.4 Å². The molecule has 0 bridgehead atoms. The number of hydrogen-bond acceptors (Lipinski definition) is 4. The first-order chi connectivity index (χ1) is 19.8. The first-order valence-electron chi connectivity index (χ1n) is 14.0. The fraction of sp³-hybridized carbons (Fsp3) is 0.516. The second-order valence-electron chi connectivity index (χ2n) is 10.9. The van der Waals surface area contributed by atoms with Crippen LogP contribution in [0.5, 0.6) is 0 Å². The van der Waals surface area contributed by atoms with Gasteiger partial charge < -0.3 is 9.64 Å². The summed E-state index contributed by atoms with van der Waals surface area (Å²) >= 11 is 0. The van der Waals surface area contributed by atoms with Crippen molar-refractivity contribution in [3.8, 4) is 11.8 Å². The molecular weight excluding hydrogens is 560 g/mol. The lowest BCUT2D eigenvalue weighted by atomic mass is 9.97. The number of halogens is 6. The van der Waals surface area contributed by atoms with Crippen molar-refractivity contribution in [3.63, 3.8) is 0 Å². The van der Waals surface area contributed by atoms with Crippen LogP contribution in [-0.2, 0) is 23.5 Å². The number of nitrogens with zero attached hydrogens (tertiary/aromatic N) is 3. The summed E-state index contributed by atoms with van der Waals surface area (Å²) in [6.45, 7) is 9.38. The Balaban J connectivity index is 1.53. The smallest absolute Gasteiger partial charge is 0.379 e. The highest BCUT2D eigenvalue weighted by molar-refractivity contribution is 5.95. The van der Waals surface area contributed by atoms with Gasteiger partial charge in [-0.15, -0.1) is 5.92 Å². The van der Waals surface area contributed by atoms with E-state index in [1.165, 1.54) is 4.90 Å². The zero-order valence-corrected chi connectivity index (χ0v) is 23.7. The number of ether oxygens (including phenoxy) is 1. The summed E-state index contributed by atoms with van der Waals surface area (Å²) in [6, 6.07) is 6.53. The Morgan fingerprint density at radius 3 is 2.14 bits per heavy atom. The molecule has 2 aromatic carbocycles. The number of carbonyl (C=O) groups is 1. The summed E-state index contributed by atoms with van der Waals surface area (Å²) in [5.74, 6) is 5.53. The molecule has 0 radical (unpaired) electrons. The van der Waals surface area contributed by atoms with Gasteiger partial charge in [0.25, 0.3) is 5.91 Å². The highest BCUT2D eigenvalue weighted by Crippen LogP contribution is 2.37. The maximum atomic E-state index is 13.6. The Morgan fingerprint density at radius 2 is 1.52 bits per heavy atom. The SMILES string of the molecule is Cc1ccc(C[C@@H]2CN(CCC#CCN3CCOCC3)CCN2C(=O)c2cc(C(F)(F)F)cc(C(F)(F)F)c2)cc1C. The van der Waals surface area contributed by atoms with Crippen LogP contribution in [0.15, 0.2) is 36.4 Å². The van der Waals surface area contributed by atoms with Crippen LogP contribution in [0, 0.1) is 25.7 Å². The number of aryl methyl sites for hydroxylation is 2. The summed E-state index contributed by atoms with van der Waals surface area (Å²) in [6.07, 6.45) is -9.04. The highest BCUT2D eigenvalue weighted by Gasteiger charge is 2.39. The van der Waals surface area contributed by atoms with Crippen molar-refractivity contribution in [1.82, 2.24) is 14.7 Å². The van der Waals surface area contributed by atoms with Gasteiger partial charge in [0.15, 0.2) is 0 Å². The van der Waals surface area contributed by atoms with E-state index in [0.717, 1.165) is 29.8 Å². The second kappa shape index (κ2) is 13.5. The molecule has 5 nitrogen and oxygen atoms in total. The van der Waals surface area contributed by atoms with E-state index in [-0.39, 0.29) is 12.6 Å². The molecule has 2 aromatic rings. The average molecular weight is 596 g/mol. The maximum Gasteiger partial charge on any atom is 0.416 e. The number of rotatable bonds is 6. The van der Waals surface area contributed by atoms with E-state index >= 15 is 0 Å². The van der Waals surface area contributed by atoms with E-state index in [2.05, 4.69) is 21.6 Å². The van der Waals surface area contributed by atoms with Crippen molar-refractivity contribution in [1.29, 1.82) is 0 Å². The van der Waals surface area contributed by atoms with Gasteiger partial charge in [0.2, 0.25) is 0 Å². The van der Waals surface area contributed by atoms with Crippen LogP contribution >= 0.6 is 0 Å². The molecule has 0 spiro atoms. The Bertz CT molecular complexity index is 1280. The van der Waals surface area contributed by atoms with E-state index in [4.69, 9.17) is 4.74 Å². The maximum absolute atomic E-state index is 13.6. The molecule has 0 aliphatic carbocycles. The summed E-state index contributed by atoms with van der Waals surface area (Å²) < 4.78 is 86.3. The molecule has 42 heavy (non-hydrogen) atoms. The fourth-order valence-electron chi connectivity index (χ4n) is 5.24. The molecule has 0 unspecified atom stereocenters. The van der Waals surface area contributed by atoms with Crippen LogP contribution in [0.3, 0.4) is 0 Å². The van der Waals surface area contributed by atoms with Gasteiger partial charge in [-0.25, -0.2) is 0 Å². The summed E-state index contributed by atoms with van der Waals surface area (Å²) in [7, 11) is 0. The average Bonchev–Trinajstić information content (AvgIpc) is 2.94. The quantitative estimate of drug-likeness (QED) is 0.330. The van der Waals surface area contributed by atoms with Crippen molar-refractivity contribution in [3.05, 3.63) is 69.8 Å². The van der Waals surface area contributed by atoms with Gasteiger partial charge in [-0.2, -0.15) is 26.3 Å². The topological polar surface area (TPSA) is 36.0 Å². The normalized spacial score (nSPS) is 19.0. The largest absolute Gasteiger partial charge is 0.416 e. The summed E-state index contributed by atoms with van der Waals surface area (Å²) in [5, 5.41) is 0. The van der Waals surface area contributed by atoms with Crippen LogP contribution in [0.4, 0.5) is 26.3 Å². The van der Waals surface area contributed by atoms with Crippen molar-refractivity contribution in [2.45, 2.75) is 45.1 Å². The number of morpholine rings is 1. The lowest BCUT2D eigenvalue weighted by Crippen LogP contribution is -2.56. The van der Waals surface area contributed by atoms with E-state index in [1.54, 1.807) is 0 Å². The molecule has 228 valence electrons. The van der Waals surface area contributed by atoms with Crippen LogP contribution < -0.4 is 0 Å². The Labute approximate surface area is 242 Å². The van der Waals surface area contributed by atoms with E-state index in [9.17, 15) is 31.1 Å². The predicted octanol–water partition coefficient (Wildman–Crippen LogP) is 5.44. The highest BCUT2D eigenvalue weighted by atomic mass is 19.4. The van der Waals surface area contributed by atoms with Gasteiger partial charge in [-0.05, 0) is 55.2 Å². The Hall–Kier alpha value is -3.07. The summed E-state index contributed by atoms with van der Waals surface area (Å²) in [4.78, 5) is 19.4. The first kappa shape index (κ1) is 31.9. The van der Waals surface area contributed by atoms with E-state index < -0.39 is 41.0 Å². The number of alkyl halides is 6. The Morgan fingerprint density at radius 1 is 0.857 bits per heavy atom. The van der Waals surface area contributed by atoms with Crippen molar-refractivity contribution < 1.29 is 35.9 Å². The van der Waals surface area contributed by atoms with Crippen LogP contribution in [0.1, 0.15) is 44.6 Å². The molecule has 0 aromatic heterocycles. The molecular formula is C31H35F6N3O2. The molecule has 2 fully saturated rings. The molecule has 2 aliphatic rings. The van der Waals surface area contributed by atoms with Gasteiger partial charge in [-0.1, -0.05) is 24.1 Å². The Kier molecular flexibility index (Phi) is 10.2. The minimum atomic E-state index is -5.03. The number of piperazine rings is 1. The molecule has 0 saturated carbocycles. The third-order valence-electron chi connectivity index (χ3n) is 7.79. The monoisotopic (exact) mass is 595 g/mol. The molecule has 1 atom stereocenters. The van der Waals surface area contributed by atoms with Gasteiger partial charge in [0, 0.05) is 57.3 Å². The molecule has 0 N–H and O–H groups in total. The molecule has 11 heteroatoms. The van der Waals surface area contributed by atoms with Crippen molar-refractivity contribution in [2.75, 3.05) is 59.0 Å². The van der Waals surface area contributed by atoms with Crippen molar-refractivity contribution >= 4 is 5.91 Å². The number of benzene rings is 2. The molecule has 1 amide bonds. The van der Waals surface area contributed by atoms with Gasteiger partial charge in [-0.3, -0.25) is 14.6 Å². The number of amides is 1. The molecule has 4 rings (SSSR count). The van der Waals surface area contributed by atoms with Crippen LogP contribution in [0.2, 0.25) is 0 Å². The number of hydrogen-bond donors (Lipinski definition) is 0. The van der Waals surface area contributed by atoms with Gasteiger partial charge in [0.1, 0.15) is 0 Å². The minimum Gasteiger partial charge on any atom is -0.379 e. The molecule has 2 saturated heterocycles. The second-order valence-corrected chi connectivity index (χ2v) is 10.9. The summed E-state index contributed by atoms with van der Waals surface area (Å²) in [5.41, 5.74) is -0.531. The lowest BCUT2D eigenvalue weighted by molar-refractivity contribution is -0.143. The first-order valence-corrected chi connectivity index (χ1v) is 14.0. The van der Waals surface area contributed by atoms with Gasteiger partial charge in [0.05, 0.1) is 30.9 Å². The van der Waals surface area contributed by atoms with E-state index in [1.807, 2.05) is 32.0 Å². The van der Waals surface area contributed by atoms with Crippen LogP contribution in [0.25, 0.3) is 0 Å². The third kappa shape index (κ3) is 8.49. The zero-order valence-electron chi connectivity index (χ0n) is 23.7. The standard InChI is InChI=1S/C31H35F6N3O2/c1-22-6-7-24(16-23(22)2)17-28-21-39(9-5-3-4-8-38-12-14-42-15-13-38)10-11-40(28)29(41)25-18-26(30(32,33)34)20-27(19-25)31(35,36)37/h6-7,16,18-20,28H,5,8-15,17,21H2,1-2H3/t28-/m1/s1. The van der Waals surface area contributed by atoms with Crippen LogP contribution in [-0.4, -0.2) is 85.7 Å². The lowest BCUT2D eigenvalue weighted by Gasteiger charge is -2.41. The molecule has 2 aliphatic heterocycles.